The Morgan fingerprint density at radius 2 is 1.79 bits per heavy atom. The molecule has 0 aliphatic carbocycles. The van der Waals surface area contributed by atoms with E-state index >= 15 is 0 Å². The lowest BCUT2D eigenvalue weighted by molar-refractivity contribution is 0.0946. The summed E-state index contributed by atoms with van der Waals surface area (Å²) in [5, 5.41) is 11.4. The molecule has 0 radical (unpaired) electrons. The minimum Gasteiger partial charge on any atom is -0.346 e. The van der Waals surface area contributed by atoms with Crippen molar-refractivity contribution >= 4 is 5.91 Å². The lowest BCUT2D eigenvalue weighted by Crippen LogP contribution is -2.24. The zero-order valence-electron chi connectivity index (χ0n) is 16.0. The third kappa shape index (κ3) is 4.03. The molecule has 0 aliphatic heterocycles. The zero-order chi connectivity index (χ0) is 20.1. The Labute approximate surface area is 168 Å². The second-order valence-electron chi connectivity index (χ2n) is 6.51. The summed E-state index contributed by atoms with van der Waals surface area (Å²) in [7, 11) is 0. The van der Waals surface area contributed by atoms with Gasteiger partial charge < -0.3 is 5.32 Å². The number of carbonyl (C=O) groups excluding carboxylic acids is 1. The number of hydrogen-bond donors (Lipinski definition) is 1. The maximum Gasteiger partial charge on any atom is 0.274 e. The first kappa shape index (κ1) is 18.5. The van der Waals surface area contributed by atoms with Gasteiger partial charge in [0.1, 0.15) is 5.69 Å². The molecule has 4 rings (SSSR count). The van der Waals surface area contributed by atoms with Gasteiger partial charge in [0.15, 0.2) is 5.69 Å². The lowest BCUT2D eigenvalue weighted by atomic mass is 10.1. The number of aromatic nitrogens is 5. The average molecular weight is 384 g/mol. The van der Waals surface area contributed by atoms with Crippen molar-refractivity contribution in [2.45, 2.75) is 19.9 Å². The van der Waals surface area contributed by atoms with Crippen molar-refractivity contribution in [3.05, 3.63) is 90.1 Å². The highest BCUT2D eigenvalue weighted by Gasteiger charge is 2.22. The predicted octanol–water partition coefficient (Wildman–Crippen LogP) is 3.22. The molecule has 7 nitrogen and oxygen atoms in total. The molecule has 0 spiro atoms. The van der Waals surface area contributed by atoms with E-state index in [1.165, 1.54) is 5.56 Å². The van der Waals surface area contributed by atoms with Crippen molar-refractivity contribution in [3.8, 4) is 16.9 Å². The molecular weight excluding hydrogens is 364 g/mol. The summed E-state index contributed by atoms with van der Waals surface area (Å²) in [5.41, 5.74) is 4.57. The predicted molar refractivity (Wildman–Crippen MR) is 109 cm³/mol. The van der Waals surface area contributed by atoms with Crippen molar-refractivity contribution in [2.75, 3.05) is 0 Å². The van der Waals surface area contributed by atoms with Crippen LogP contribution in [0.4, 0.5) is 0 Å². The second-order valence-corrected chi connectivity index (χ2v) is 6.51. The molecule has 1 N–H and O–H groups in total. The van der Waals surface area contributed by atoms with Crippen LogP contribution in [-0.2, 0) is 13.0 Å². The molecule has 0 saturated heterocycles. The Kier molecular flexibility index (Phi) is 5.38. The summed E-state index contributed by atoms with van der Waals surface area (Å²) in [6.45, 7) is 2.46. The maximum absolute atomic E-state index is 12.9. The van der Waals surface area contributed by atoms with Crippen molar-refractivity contribution < 1.29 is 4.79 Å². The van der Waals surface area contributed by atoms with Crippen LogP contribution in [-0.4, -0.2) is 30.9 Å². The molecule has 0 atom stereocenters. The summed E-state index contributed by atoms with van der Waals surface area (Å²) in [5.74, 6) is -0.300. The van der Waals surface area contributed by atoms with Crippen LogP contribution in [0.3, 0.4) is 0 Å². The molecular formula is C22H20N6O. The van der Waals surface area contributed by atoms with E-state index in [0.29, 0.717) is 12.2 Å². The normalized spacial score (nSPS) is 10.7. The van der Waals surface area contributed by atoms with E-state index < -0.39 is 0 Å². The van der Waals surface area contributed by atoms with E-state index in [1.54, 1.807) is 29.5 Å². The molecule has 0 fully saturated rings. The van der Waals surface area contributed by atoms with E-state index in [-0.39, 0.29) is 11.6 Å². The molecule has 4 aromatic rings. The minimum atomic E-state index is -0.300. The van der Waals surface area contributed by atoms with Crippen LogP contribution < -0.4 is 5.32 Å². The molecule has 0 bridgehead atoms. The highest BCUT2D eigenvalue weighted by Crippen LogP contribution is 2.25. The second kappa shape index (κ2) is 8.43. The van der Waals surface area contributed by atoms with Gasteiger partial charge in [-0.3, -0.25) is 14.8 Å². The fraction of sp³-hybridized carbons (Fsp3) is 0.136. The van der Waals surface area contributed by atoms with Crippen molar-refractivity contribution in [1.82, 2.24) is 30.3 Å². The third-order valence-corrected chi connectivity index (χ3v) is 4.56. The number of aryl methyl sites for hydroxylation is 1. The van der Waals surface area contributed by atoms with Crippen LogP contribution in [0, 0.1) is 0 Å². The number of carbonyl (C=O) groups is 1. The average Bonchev–Trinajstić information content (AvgIpc) is 3.24. The first-order valence-corrected chi connectivity index (χ1v) is 9.38. The molecule has 144 valence electrons. The SMILES string of the molecule is CCc1cccc(-n2nnc(C(=O)NCc3cccnc3)c2-c2cccnc2)c1. The summed E-state index contributed by atoms with van der Waals surface area (Å²) in [4.78, 5) is 21.2. The van der Waals surface area contributed by atoms with Gasteiger partial charge in [0.05, 0.1) is 5.69 Å². The Balaban J connectivity index is 1.72. The van der Waals surface area contributed by atoms with E-state index in [0.717, 1.165) is 23.2 Å². The summed E-state index contributed by atoms with van der Waals surface area (Å²) < 4.78 is 1.69. The van der Waals surface area contributed by atoms with Crippen LogP contribution in [0.25, 0.3) is 16.9 Å². The molecule has 7 heteroatoms. The van der Waals surface area contributed by atoms with Crippen LogP contribution >= 0.6 is 0 Å². The van der Waals surface area contributed by atoms with E-state index in [4.69, 9.17) is 0 Å². The number of hydrogen-bond acceptors (Lipinski definition) is 5. The third-order valence-electron chi connectivity index (χ3n) is 4.56. The highest BCUT2D eigenvalue weighted by molar-refractivity contribution is 5.98. The van der Waals surface area contributed by atoms with Gasteiger partial charge in [-0.1, -0.05) is 30.3 Å². The van der Waals surface area contributed by atoms with Gasteiger partial charge in [-0.2, -0.15) is 0 Å². The molecule has 29 heavy (non-hydrogen) atoms. The fourth-order valence-electron chi connectivity index (χ4n) is 3.05. The Hall–Kier alpha value is -3.87. The first-order chi connectivity index (χ1) is 14.3. The van der Waals surface area contributed by atoms with Gasteiger partial charge >= 0.3 is 0 Å². The van der Waals surface area contributed by atoms with E-state index in [2.05, 4.69) is 38.6 Å². The molecule has 0 unspecified atom stereocenters. The van der Waals surface area contributed by atoms with Crippen molar-refractivity contribution in [2.24, 2.45) is 0 Å². The topological polar surface area (TPSA) is 85.6 Å². The molecule has 3 aromatic heterocycles. The zero-order valence-corrected chi connectivity index (χ0v) is 16.0. The number of benzene rings is 1. The quantitative estimate of drug-likeness (QED) is 0.552. The number of rotatable bonds is 6. The smallest absolute Gasteiger partial charge is 0.274 e. The van der Waals surface area contributed by atoms with E-state index in [1.807, 2.05) is 42.5 Å². The molecule has 1 amide bonds. The van der Waals surface area contributed by atoms with E-state index in [9.17, 15) is 4.79 Å². The molecule has 0 saturated carbocycles. The van der Waals surface area contributed by atoms with Gasteiger partial charge in [0, 0.05) is 36.9 Å². The van der Waals surface area contributed by atoms with Gasteiger partial charge in [-0.05, 0) is 47.9 Å². The Morgan fingerprint density at radius 1 is 1.00 bits per heavy atom. The Morgan fingerprint density at radius 3 is 2.52 bits per heavy atom. The van der Waals surface area contributed by atoms with Crippen LogP contribution in [0.15, 0.2) is 73.3 Å². The van der Waals surface area contributed by atoms with Crippen molar-refractivity contribution in [3.63, 3.8) is 0 Å². The van der Waals surface area contributed by atoms with Crippen LogP contribution in [0.5, 0.6) is 0 Å². The van der Waals surface area contributed by atoms with Crippen LogP contribution in [0.1, 0.15) is 28.5 Å². The van der Waals surface area contributed by atoms with Gasteiger partial charge in [0.25, 0.3) is 5.91 Å². The van der Waals surface area contributed by atoms with Crippen LogP contribution in [0.2, 0.25) is 0 Å². The summed E-state index contributed by atoms with van der Waals surface area (Å²) in [6, 6.07) is 15.5. The fourth-order valence-corrected chi connectivity index (χ4v) is 3.05. The highest BCUT2D eigenvalue weighted by atomic mass is 16.2. The minimum absolute atomic E-state index is 0.254. The monoisotopic (exact) mass is 384 g/mol. The van der Waals surface area contributed by atoms with Gasteiger partial charge in [0.2, 0.25) is 0 Å². The standard InChI is InChI=1S/C22H20N6O/c1-2-16-6-3-9-19(12-16)28-21(18-8-5-11-24-15-18)20(26-27-28)22(29)25-14-17-7-4-10-23-13-17/h3-13,15H,2,14H2,1H3,(H,25,29). The van der Waals surface area contributed by atoms with Gasteiger partial charge in [-0.25, -0.2) is 4.68 Å². The summed E-state index contributed by atoms with van der Waals surface area (Å²) >= 11 is 0. The summed E-state index contributed by atoms with van der Waals surface area (Å²) in [6.07, 6.45) is 7.72. The lowest BCUT2D eigenvalue weighted by Gasteiger charge is -2.09. The Bertz CT molecular complexity index is 1110. The molecule has 3 heterocycles. The van der Waals surface area contributed by atoms with Crippen molar-refractivity contribution in [1.29, 1.82) is 0 Å². The molecule has 1 aromatic carbocycles. The van der Waals surface area contributed by atoms with Gasteiger partial charge in [-0.15, -0.1) is 5.10 Å². The maximum atomic E-state index is 12.9. The number of pyridine rings is 2. The number of nitrogens with zero attached hydrogens (tertiary/aromatic N) is 5. The number of nitrogens with one attached hydrogen (secondary N) is 1. The largest absolute Gasteiger partial charge is 0.346 e. The molecule has 0 aliphatic rings. The number of amides is 1. The first-order valence-electron chi connectivity index (χ1n) is 9.38.